The zero-order valence-corrected chi connectivity index (χ0v) is 17.5. The van der Waals surface area contributed by atoms with Gasteiger partial charge in [0, 0.05) is 50.5 Å². The van der Waals surface area contributed by atoms with Gasteiger partial charge >= 0.3 is 0 Å². The molecule has 9 nitrogen and oxygen atoms in total. The van der Waals surface area contributed by atoms with Gasteiger partial charge in [-0.3, -0.25) is 0 Å². The molecule has 3 aliphatic rings. The summed E-state index contributed by atoms with van der Waals surface area (Å²) in [6, 6.07) is 5.06. The zero-order chi connectivity index (χ0) is 20.3. The molecule has 0 spiro atoms. The summed E-state index contributed by atoms with van der Waals surface area (Å²) >= 11 is 0. The van der Waals surface area contributed by atoms with Gasteiger partial charge in [0.2, 0.25) is 11.8 Å². The summed E-state index contributed by atoms with van der Waals surface area (Å²) in [6.45, 7) is 5.15. The molecule has 4 heterocycles. The third kappa shape index (κ3) is 4.12. The molecular weight excluding hydrogens is 382 g/mol. The number of nitrogens with zero attached hydrogens (tertiary/aromatic N) is 7. The highest BCUT2D eigenvalue weighted by molar-refractivity contribution is 5.47. The number of hydrogen-bond acceptors (Lipinski definition) is 9. The summed E-state index contributed by atoms with van der Waals surface area (Å²) in [5.41, 5.74) is 0. The molecule has 1 saturated carbocycles. The molecule has 9 heteroatoms. The molecule has 2 aromatic heterocycles. The summed E-state index contributed by atoms with van der Waals surface area (Å²) in [5, 5.41) is 0. The fourth-order valence-electron chi connectivity index (χ4n) is 4.41. The van der Waals surface area contributed by atoms with Crippen molar-refractivity contribution in [3.63, 3.8) is 0 Å². The number of methoxy groups -OCH3 is 1. The predicted octanol–water partition coefficient (Wildman–Crippen LogP) is 1.75. The third-order valence-corrected chi connectivity index (χ3v) is 6.15. The predicted molar refractivity (Wildman–Crippen MR) is 114 cm³/mol. The molecule has 2 aromatic rings. The molecule has 160 valence electrons. The smallest absolute Gasteiger partial charge is 0.227 e. The average molecular weight is 412 g/mol. The van der Waals surface area contributed by atoms with Crippen molar-refractivity contribution < 1.29 is 9.47 Å². The maximum atomic E-state index is 5.45. The van der Waals surface area contributed by atoms with Crippen molar-refractivity contribution in [3.05, 3.63) is 24.7 Å². The highest BCUT2D eigenvalue weighted by atomic mass is 16.5. The van der Waals surface area contributed by atoms with Gasteiger partial charge in [0.05, 0.1) is 20.3 Å². The summed E-state index contributed by atoms with van der Waals surface area (Å²) in [7, 11) is 1.65. The van der Waals surface area contributed by atoms with Crippen LogP contribution in [0.4, 0.5) is 17.6 Å². The Hall–Kier alpha value is -2.68. The Labute approximate surface area is 177 Å². The fourth-order valence-corrected chi connectivity index (χ4v) is 4.41. The van der Waals surface area contributed by atoms with Crippen LogP contribution in [0.15, 0.2) is 24.7 Å². The first-order valence-corrected chi connectivity index (χ1v) is 10.9. The van der Waals surface area contributed by atoms with Crippen LogP contribution in [0.2, 0.25) is 0 Å². The molecule has 2 saturated heterocycles. The Morgan fingerprint density at radius 1 is 0.967 bits per heavy atom. The minimum Gasteiger partial charge on any atom is -0.481 e. The highest BCUT2D eigenvalue weighted by Crippen LogP contribution is 2.36. The van der Waals surface area contributed by atoms with E-state index >= 15 is 0 Å². The summed E-state index contributed by atoms with van der Waals surface area (Å²) in [4.78, 5) is 25.1. The molecule has 0 radical (unpaired) electrons. The molecule has 0 amide bonds. The first-order chi connectivity index (χ1) is 14.8. The van der Waals surface area contributed by atoms with Gasteiger partial charge in [0.25, 0.3) is 0 Å². The molecule has 0 bridgehead atoms. The van der Waals surface area contributed by atoms with Crippen molar-refractivity contribution in [3.8, 4) is 5.88 Å². The minimum atomic E-state index is 0.480. The van der Waals surface area contributed by atoms with E-state index in [0.29, 0.717) is 18.0 Å². The van der Waals surface area contributed by atoms with Crippen molar-refractivity contribution in [2.75, 3.05) is 61.2 Å². The molecule has 0 atom stereocenters. The average Bonchev–Trinajstić information content (AvgIpc) is 3.66. The van der Waals surface area contributed by atoms with Crippen LogP contribution < -0.4 is 19.4 Å². The van der Waals surface area contributed by atoms with Crippen LogP contribution >= 0.6 is 0 Å². The standard InChI is InChI=1S/C21H29N7O2/c1-29-20-14-19(23-15-24-20)28(16-2-3-16)17-5-8-26(9-6-17)18-4-7-22-21(25-18)27-10-12-30-13-11-27/h4,7,14-17H,2-3,5-6,8-13H2,1H3. The van der Waals surface area contributed by atoms with Gasteiger partial charge in [-0.2, -0.15) is 4.98 Å². The van der Waals surface area contributed by atoms with Gasteiger partial charge in [0.15, 0.2) is 0 Å². The van der Waals surface area contributed by atoms with Crippen molar-refractivity contribution in [1.29, 1.82) is 0 Å². The van der Waals surface area contributed by atoms with E-state index in [2.05, 4.69) is 29.7 Å². The van der Waals surface area contributed by atoms with Crippen molar-refractivity contribution >= 4 is 17.6 Å². The second kappa shape index (κ2) is 8.59. The maximum absolute atomic E-state index is 5.45. The van der Waals surface area contributed by atoms with Crippen LogP contribution in [0.25, 0.3) is 0 Å². The Morgan fingerprint density at radius 3 is 2.47 bits per heavy atom. The Morgan fingerprint density at radius 2 is 1.73 bits per heavy atom. The Bertz CT molecular complexity index is 849. The molecule has 2 aliphatic heterocycles. The van der Waals surface area contributed by atoms with Gasteiger partial charge < -0.3 is 24.2 Å². The van der Waals surface area contributed by atoms with E-state index in [-0.39, 0.29) is 0 Å². The van der Waals surface area contributed by atoms with Crippen LogP contribution in [0.1, 0.15) is 25.7 Å². The molecule has 0 aromatic carbocycles. The normalized spacial score (nSPS) is 20.3. The van der Waals surface area contributed by atoms with E-state index in [1.54, 1.807) is 13.4 Å². The molecule has 3 fully saturated rings. The van der Waals surface area contributed by atoms with Crippen LogP contribution in [-0.2, 0) is 4.74 Å². The molecular formula is C21H29N7O2. The van der Waals surface area contributed by atoms with E-state index in [9.17, 15) is 0 Å². The van der Waals surface area contributed by atoms with Gasteiger partial charge in [-0.15, -0.1) is 0 Å². The largest absolute Gasteiger partial charge is 0.481 e. The molecule has 30 heavy (non-hydrogen) atoms. The van der Waals surface area contributed by atoms with Crippen LogP contribution in [0.3, 0.4) is 0 Å². The number of aromatic nitrogens is 4. The van der Waals surface area contributed by atoms with Crippen LogP contribution in [0, 0.1) is 0 Å². The summed E-state index contributed by atoms with van der Waals surface area (Å²) in [6.07, 6.45) is 8.12. The maximum Gasteiger partial charge on any atom is 0.227 e. The van der Waals surface area contributed by atoms with Crippen molar-refractivity contribution in [1.82, 2.24) is 19.9 Å². The third-order valence-electron chi connectivity index (χ3n) is 6.15. The van der Waals surface area contributed by atoms with E-state index < -0.39 is 0 Å². The number of anilines is 3. The number of morpholine rings is 1. The van der Waals surface area contributed by atoms with Crippen molar-refractivity contribution in [2.24, 2.45) is 0 Å². The summed E-state index contributed by atoms with van der Waals surface area (Å²) in [5.74, 6) is 3.44. The summed E-state index contributed by atoms with van der Waals surface area (Å²) < 4.78 is 10.8. The molecule has 0 N–H and O–H groups in total. The number of piperidine rings is 1. The quantitative estimate of drug-likeness (QED) is 0.706. The second-order valence-corrected chi connectivity index (χ2v) is 8.09. The van der Waals surface area contributed by atoms with Crippen LogP contribution in [0.5, 0.6) is 5.88 Å². The first-order valence-electron chi connectivity index (χ1n) is 10.9. The highest BCUT2D eigenvalue weighted by Gasteiger charge is 2.37. The zero-order valence-electron chi connectivity index (χ0n) is 17.5. The Balaban J connectivity index is 1.26. The monoisotopic (exact) mass is 411 g/mol. The fraction of sp³-hybridized carbons (Fsp3) is 0.619. The van der Waals surface area contributed by atoms with Crippen molar-refractivity contribution in [2.45, 2.75) is 37.8 Å². The SMILES string of the molecule is COc1cc(N(C2CC2)C2CCN(c3ccnc(N4CCOCC4)n3)CC2)ncn1. The number of rotatable bonds is 6. The number of hydrogen-bond donors (Lipinski definition) is 0. The number of ether oxygens (including phenoxy) is 2. The second-order valence-electron chi connectivity index (χ2n) is 8.09. The lowest BCUT2D eigenvalue weighted by Gasteiger charge is -2.40. The topological polar surface area (TPSA) is 79.7 Å². The van der Waals surface area contributed by atoms with Gasteiger partial charge in [-0.05, 0) is 31.7 Å². The molecule has 5 rings (SSSR count). The molecule has 1 aliphatic carbocycles. The lowest BCUT2D eigenvalue weighted by Crippen LogP contribution is -2.46. The van der Waals surface area contributed by atoms with Gasteiger partial charge in [-0.1, -0.05) is 0 Å². The first kappa shape index (κ1) is 19.3. The lowest BCUT2D eigenvalue weighted by molar-refractivity contribution is 0.122. The Kier molecular flexibility index (Phi) is 5.52. The van der Waals surface area contributed by atoms with E-state index in [1.807, 2.05) is 18.3 Å². The van der Waals surface area contributed by atoms with E-state index in [0.717, 1.165) is 69.8 Å². The van der Waals surface area contributed by atoms with E-state index in [4.69, 9.17) is 14.5 Å². The molecule has 0 unspecified atom stereocenters. The lowest BCUT2D eigenvalue weighted by atomic mass is 10.0. The van der Waals surface area contributed by atoms with E-state index in [1.165, 1.54) is 12.8 Å². The van der Waals surface area contributed by atoms with Gasteiger partial charge in [0.1, 0.15) is 18.0 Å². The van der Waals surface area contributed by atoms with Crippen LogP contribution in [-0.4, -0.2) is 78.5 Å². The minimum absolute atomic E-state index is 0.480. The van der Waals surface area contributed by atoms with Gasteiger partial charge in [-0.25, -0.2) is 15.0 Å².